The Bertz CT molecular complexity index is 759. The van der Waals surface area contributed by atoms with E-state index < -0.39 is 0 Å². The maximum Gasteiger partial charge on any atom is 0.153 e. The fraction of sp³-hybridized carbons (Fsp3) is 0.143. The van der Waals surface area contributed by atoms with Crippen molar-refractivity contribution in [2.75, 3.05) is 11.9 Å². The van der Waals surface area contributed by atoms with Crippen LogP contribution in [0.2, 0.25) is 5.02 Å². The molecule has 1 unspecified atom stereocenters. The van der Waals surface area contributed by atoms with Gasteiger partial charge >= 0.3 is 0 Å². The minimum Gasteiger partial charge on any atom is -0.394 e. The number of hydrogen-bond donors (Lipinski definition) is 2. The van der Waals surface area contributed by atoms with Gasteiger partial charge in [0.2, 0.25) is 0 Å². The summed E-state index contributed by atoms with van der Waals surface area (Å²) >= 11 is 9.34. The molecule has 2 N–H and O–H groups in total. The van der Waals surface area contributed by atoms with E-state index in [0.29, 0.717) is 10.8 Å². The Balaban J connectivity index is 1.96. The Morgan fingerprint density at radius 3 is 2.81 bits per heavy atom. The summed E-state index contributed by atoms with van der Waals surface area (Å²) in [4.78, 5) is 4.33. The number of anilines is 1. The quantitative estimate of drug-likeness (QED) is 0.743. The number of fused-ring (bicyclic) bond motifs is 1. The number of hydrogen-bond acceptors (Lipinski definition) is 4. The molecule has 3 rings (SSSR count). The molecule has 1 atom stereocenters. The molecule has 0 saturated carbocycles. The minimum absolute atomic E-state index is 0.0594. The van der Waals surface area contributed by atoms with Crippen molar-refractivity contribution in [3.05, 3.63) is 57.9 Å². The van der Waals surface area contributed by atoms with Crippen LogP contribution in [-0.2, 0) is 0 Å². The van der Waals surface area contributed by atoms with E-state index in [1.807, 2.05) is 12.1 Å². The van der Waals surface area contributed by atoms with Crippen LogP contribution in [0.3, 0.4) is 0 Å². The first kappa shape index (κ1) is 14.3. The van der Waals surface area contributed by atoms with Crippen molar-refractivity contribution in [2.45, 2.75) is 6.04 Å². The summed E-state index contributed by atoms with van der Waals surface area (Å²) in [6.45, 7) is -0.0594. The molecule has 0 saturated heterocycles. The third-order valence-corrected chi connectivity index (χ3v) is 3.98. The van der Waals surface area contributed by atoms with Crippen molar-refractivity contribution in [1.29, 1.82) is 0 Å². The molecule has 0 aliphatic carbocycles. The highest BCUT2D eigenvalue weighted by atomic mass is 79.9. The number of rotatable bonds is 4. The van der Waals surface area contributed by atoms with E-state index in [9.17, 15) is 5.11 Å². The van der Waals surface area contributed by atoms with Gasteiger partial charge in [0.25, 0.3) is 0 Å². The predicted molar refractivity (Wildman–Crippen MR) is 85.6 cm³/mol. The Hall–Kier alpha value is -1.63. The Morgan fingerprint density at radius 1 is 1.33 bits per heavy atom. The first-order valence-electron chi connectivity index (χ1n) is 6.29. The molecule has 2 aromatic heterocycles. The third-order valence-electron chi connectivity index (χ3n) is 3.15. The Morgan fingerprint density at radius 2 is 2.10 bits per heavy atom. The maximum absolute atomic E-state index is 9.64. The Kier molecular flexibility index (Phi) is 4.10. The zero-order valence-electron chi connectivity index (χ0n) is 10.9. The van der Waals surface area contributed by atoms with Crippen molar-refractivity contribution >= 4 is 38.9 Å². The van der Waals surface area contributed by atoms with Crippen LogP contribution in [0.4, 0.5) is 5.82 Å². The van der Waals surface area contributed by atoms with Gasteiger partial charge in [-0.05, 0) is 33.6 Å². The molecular formula is C14H12BrClN4O. The lowest BCUT2D eigenvalue weighted by Crippen LogP contribution is -2.16. The zero-order chi connectivity index (χ0) is 14.8. The van der Waals surface area contributed by atoms with E-state index in [1.54, 1.807) is 35.2 Å². The maximum atomic E-state index is 9.64. The van der Waals surface area contributed by atoms with Crippen molar-refractivity contribution in [1.82, 2.24) is 14.6 Å². The van der Waals surface area contributed by atoms with E-state index in [1.165, 1.54) is 0 Å². The van der Waals surface area contributed by atoms with E-state index in [-0.39, 0.29) is 12.6 Å². The van der Waals surface area contributed by atoms with Gasteiger partial charge in [-0.2, -0.15) is 5.10 Å². The first-order chi connectivity index (χ1) is 10.2. The van der Waals surface area contributed by atoms with Gasteiger partial charge < -0.3 is 10.4 Å². The SMILES string of the molecule is OCC(Nc1nccn2ncc(Br)c12)c1ccc(Cl)cc1. The molecule has 0 aliphatic heterocycles. The molecule has 0 aliphatic rings. The second-order valence-electron chi connectivity index (χ2n) is 4.49. The first-order valence-corrected chi connectivity index (χ1v) is 7.47. The molecule has 0 amide bonds. The van der Waals surface area contributed by atoms with Gasteiger partial charge in [-0.3, -0.25) is 0 Å². The molecule has 5 nitrogen and oxygen atoms in total. The second kappa shape index (κ2) is 6.01. The van der Waals surface area contributed by atoms with E-state index >= 15 is 0 Å². The van der Waals surface area contributed by atoms with Crippen LogP contribution >= 0.6 is 27.5 Å². The summed E-state index contributed by atoms with van der Waals surface area (Å²) in [6, 6.07) is 7.07. The van der Waals surface area contributed by atoms with Crippen LogP contribution in [0.5, 0.6) is 0 Å². The number of aliphatic hydroxyl groups is 1. The van der Waals surface area contributed by atoms with Crippen LogP contribution in [0, 0.1) is 0 Å². The minimum atomic E-state index is -0.275. The summed E-state index contributed by atoms with van der Waals surface area (Å²) in [7, 11) is 0. The zero-order valence-corrected chi connectivity index (χ0v) is 13.2. The van der Waals surface area contributed by atoms with Gasteiger partial charge in [-0.1, -0.05) is 23.7 Å². The van der Waals surface area contributed by atoms with Crippen molar-refractivity contribution < 1.29 is 5.11 Å². The lowest BCUT2D eigenvalue weighted by molar-refractivity contribution is 0.276. The van der Waals surface area contributed by atoms with Crippen LogP contribution in [0.15, 0.2) is 47.3 Å². The van der Waals surface area contributed by atoms with Gasteiger partial charge in [0.1, 0.15) is 5.52 Å². The highest BCUT2D eigenvalue weighted by Gasteiger charge is 2.15. The van der Waals surface area contributed by atoms with E-state index in [4.69, 9.17) is 11.6 Å². The molecule has 1 aromatic carbocycles. The lowest BCUT2D eigenvalue weighted by Gasteiger charge is -2.18. The molecule has 3 aromatic rings. The molecule has 0 radical (unpaired) electrons. The van der Waals surface area contributed by atoms with Crippen molar-refractivity contribution in [2.24, 2.45) is 0 Å². The molecule has 108 valence electrons. The number of aliphatic hydroxyl groups excluding tert-OH is 1. The van der Waals surface area contributed by atoms with Crippen LogP contribution in [-0.4, -0.2) is 26.3 Å². The summed E-state index contributed by atoms with van der Waals surface area (Å²) in [5, 5.41) is 17.8. The normalized spacial score (nSPS) is 12.5. The number of nitrogens with zero attached hydrogens (tertiary/aromatic N) is 3. The molecule has 2 heterocycles. The fourth-order valence-corrected chi connectivity index (χ4v) is 2.70. The van der Waals surface area contributed by atoms with Gasteiger partial charge in [0, 0.05) is 17.4 Å². The van der Waals surface area contributed by atoms with Crippen LogP contribution in [0.25, 0.3) is 5.52 Å². The molecule has 21 heavy (non-hydrogen) atoms. The summed E-state index contributed by atoms with van der Waals surface area (Å²) in [5.74, 6) is 0.649. The Labute approximate surface area is 134 Å². The third kappa shape index (κ3) is 2.88. The molecule has 0 spiro atoms. The summed E-state index contributed by atoms with van der Waals surface area (Å²) in [6.07, 6.45) is 5.13. The summed E-state index contributed by atoms with van der Waals surface area (Å²) in [5.41, 5.74) is 1.76. The highest BCUT2D eigenvalue weighted by Crippen LogP contribution is 2.27. The predicted octanol–water partition coefficient (Wildman–Crippen LogP) is 3.29. The van der Waals surface area contributed by atoms with Crippen LogP contribution < -0.4 is 5.32 Å². The van der Waals surface area contributed by atoms with E-state index in [2.05, 4.69) is 31.3 Å². The van der Waals surface area contributed by atoms with Gasteiger partial charge in [-0.15, -0.1) is 0 Å². The van der Waals surface area contributed by atoms with Gasteiger partial charge in [-0.25, -0.2) is 9.50 Å². The average molecular weight is 368 g/mol. The smallest absolute Gasteiger partial charge is 0.153 e. The van der Waals surface area contributed by atoms with Crippen molar-refractivity contribution in [3.63, 3.8) is 0 Å². The lowest BCUT2D eigenvalue weighted by atomic mass is 10.1. The topological polar surface area (TPSA) is 62.5 Å². The second-order valence-corrected chi connectivity index (χ2v) is 5.78. The molecule has 0 bridgehead atoms. The largest absolute Gasteiger partial charge is 0.394 e. The monoisotopic (exact) mass is 366 g/mol. The average Bonchev–Trinajstić information content (AvgIpc) is 2.88. The molecule has 0 fully saturated rings. The fourth-order valence-electron chi connectivity index (χ4n) is 2.11. The number of aromatic nitrogens is 3. The standard InChI is InChI=1S/C14H12BrClN4O/c15-11-7-18-20-6-5-17-14(13(11)20)19-12(8-21)9-1-3-10(16)4-2-9/h1-7,12,21H,8H2,(H,17,19). The highest BCUT2D eigenvalue weighted by molar-refractivity contribution is 9.10. The van der Waals surface area contributed by atoms with Gasteiger partial charge in [0.15, 0.2) is 5.82 Å². The number of benzene rings is 1. The van der Waals surface area contributed by atoms with Gasteiger partial charge in [0.05, 0.1) is 23.3 Å². The summed E-state index contributed by atoms with van der Waals surface area (Å²) < 4.78 is 2.56. The van der Waals surface area contributed by atoms with E-state index in [0.717, 1.165) is 15.6 Å². The van der Waals surface area contributed by atoms with Crippen LogP contribution in [0.1, 0.15) is 11.6 Å². The molecular weight excluding hydrogens is 356 g/mol. The van der Waals surface area contributed by atoms with Crippen molar-refractivity contribution in [3.8, 4) is 0 Å². The molecule has 7 heteroatoms. The number of halogens is 2. The number of nitrogens with one attached hydrogen (secondary N) is 1.